The second-order valence-electron chi connectivity index (χ2n) is 7.99. The van der Waals surface area contributed by atoms with Crippen LogP contribution in [0.5, 0.6) is 0 Å². The number of anilines is 5. The van der Waals surface area contributed by atoms with Crippen molar-refractivity contribution < 1.29 is 0 Å². The Bertz CT molecular complexity index is 1540. The van der Waals surface area contributed by atoms with Crippen LogP contribution in [0.2, 0.25) is 0 Å². The fourth-order valence-corrected chi connectivity index (χ4v) is 5.37. The smallest absolute Gasteiger partial charge is 0.0482 e. The molecular weight excluding hydrogens is 420 g/mol. The summed E-state index contributed by atoms with van der Waals surface area (Å²) >= 11 is 1.85. The number of hydrogen-bond acceptors (Lipinski definition) is 3. The van der Waals surface area contributed by atoms with Crippen molar-refractivity contribution in [3.63, 3.8) is 0 Å². The summed E-state index contributed by atoms with van der Waals surface area (Å²) in [5.41, 5.74) is 5.53. The van der Waals surface area contributed by atoms with Gasteiger partial charge in [-0.15, -0.1) is 11.3 Å². The van der Waals surface area contributed by atoms with Crippen molar-refractivity contribution in [3.8, 4) is 0 Å². The molecule has 0 aliphatic rings. The van der Waals surface area contributed by atoms with Crippen LogP contribution in [0.25, 0.3) is 20.2 Å². The second-order valence-corrected chi connectivity index (χ2v) is 9.07. The Labute approximate surface area is 197 Å². The van der Waals surface area contributed by atoms with Crippen LogP contribution < -0.4 is 10.2 Å². The molecule has 0 aliphatic carbocycles. The fraction of sp³-hybridized carbons (Fsp3) is 0. The van der Waals surface area contributed by atoms with Gasteiger partial charge in [-0.3, -0.25) is 0 Å². The molecule has 33 heavy (non-hydrogen) atoms. The predicted molar refractivity (Wildman–Crippen MR) is 144 cm³/mol. The third kappa shape index (κ3) is 3.84. The maximum atomic E-state index is 3.53. The Hall–Kier alpha value is -4.08. The van der Waals surface area contributed by atoms with E-state index in [-0.39, 0.29) is 0 Å². The largest absolute Gasteiger partial charge is 0.355 e. The van der Waals surface area contributed by atoms with Crippen LogP contribution in [0, 0.1) is 0 Å². The van der Waals surface area contributed by atoms with Gasteiger partial charge in [0.1, 0.15) is 0 Å². The molecule has 6 rings (SSSR count). The molecule has 0 amide bonds. The summed E-state index contributed by atoms with van der Waals surface area (Å²) in [6.45, 7) is 0. The van der Waals surface area contributed by atoms with Crippen LogP contribution in [-0.4, -0.2) is 0 Å². The van der Waals surface area contributed by atoms with E-state index < -0.39 is 0 Å². The molecule has 6 aromatic rings. The van der Waals surface area contributed by atoms with Crippen molar-refractivity contribution in [2.75, 3.05) is 10.2 Å². The van der Waals surface area contributed by atoms with Gasteiger partial charge in [0.15, 0.2) is 0 Å². The monoisotopic (exact) mass is 442 g/mol. The van der Waals surface area contributed by atoms with Crippen LogP contribution >= 0.6 is 11.3 Å². The molecule has 1 N–H and O–H groups in total. The number of para-hydroxylation sites is 2. The lowest BCUT2D eigenvalue weighted by atomic mass is 10.1. The van der Waals surface area contributed by atoms with Gasteiger partial charge in [0.25, 0.3) is 0 Å². The predicted octanol–water partition coefficient (Wildman–Crippen LogP) is 9.27. The zero-order valence-corrected chi connectivity index (χ0v) is 18.8. The summed E-state index contributed by atoms with van der Waals surface area (Å²) in [7, 11) is 0. The minimum atomic E-state index is 1.06. The SMILES string of the molecule is c1ccc(Nc2cccc(N(c3ccccc3)c3ccc4sc5ccccc5c4c3)c2)cc1. The van der Waals surface area contributed by atoms with Crippen LogP contribution in [-0.2, 0) is 0 Å². The van der Waals surface area contributed by atoms with Crippen molar-refractivity contribution in [2.24, 2.45) is 0 Å². The molecule has 0 atom stereocenters. The molecule has 0 saturated carbocycles. The highest BCUT2D eigenvalue weighted by atomic mass is 32.1. The molecule has 158 valence electrons. The average Bonchev–Trinajstić information content (AvgIpc) is 3.24. The maximum Gasteiger partial charge on any atom is 0.0482 e. The number of nitrogens with zero attached hydrogens (tertiary/aromatic N) is 1. The number of nitrogens with one attached hydrogen (secondary N) is 1. The summed E-state index contributed by atoms with van der Waals surface area (Å²) in [5, 5.41) is 6.14. The number of rotatable bonds is 5. The summed E-state index contributed by atoms with van der Waals surface area (Å²) in [4.78, 5) is 2.32. The first kappa shape index (κ1) is 19.6. The van der Waals surface area contributed by atoms with E-state index >= 15 is 0 Å². The molecule has 0 fully saturated rings. The van der Waals surface area contributed by atoms with Crippen molar-refractivity contribution in [3.05, 3.63) is 127 Å². The van der Waals surface area contributed by atoms with Gasteiger partial charge in [0.05, 0.1) is 0 Å². The minimum absolute atomic E-state index is 1.06. The molecule has 0 bridgehead atoms. The highest BCUT2D eigenvalue weighted by Gasteiger charge is 2.15. The van der Waals surface area contributed by atoms with Gasteiger partial charge in [0.2, 0.25) is 0 Å². The van der Waals surface area contributed by atoms with Crippen LogP contribution in [0.3, 0.4) is 0 Å². The van der Waals surface area contributed by atoms with Crippen molar-refractivity contribution in [1.29, 1.82) is 0 Å². The third-order valence-electron chi connectivity index (χ3n) is 5.80. The van der Waals surface area contributed by atoms with Crippen LogP contribution in [0.1, 0.15) is 0 Å². The van der Waals surface area contributed by atoms with Gasteiger partial charge >= 0.3 is 0 Å². The third-order valence-corrected chi connectivity index (χ3v) is 6.95. The molecule has 0 radical (unpaired) electrons. The van der Waals surface area contributed by atoms with Gasteiger partial charge in [0, 0.05) is 48.6 Å². The van der Waals surface area contributed by atoms with Crippen molar-refractivity contribution >= 4 is 59.9 Å². The van der Waals surface area contributed by atoms with E-state index in [1.165, 1.54) is 20.2 Å². The molecule has 1 aromatic heterocycles. The number of benzene rings is 5. The minimum Gasteiger partial charge on any atom is -0.355 e. The lowest BCUT2D eigenvalue weighted by Crippen LogP contribution is -2.10. The first-order chi connectivity index (χ1) is 16.3. The van der Waals surface area contributed by atoms with E-state index in [4.69, 9.17) is 0 Å². The zero-order valence-electron chi connectivity index (χ0n) is 18.0. The molecular formula is C30H22N2S. The Morgan fingerprint density at radius 1 is 0.455 bits per heavy atom. The van der Waals surface area contributed by atoms with Crippen LogP contribution in [0.4, 0.5) is 28.4 Å². The summed E-state index contributed by atoms with van der Waals surface area (Å²) in [5.74, 6) is 0. The van der Waals surface area contributed by atoms with Gasteiger partial charge < -0.3 is 10.2 Å². The van der Waals surface area contributed by atoms with E-state index in [9.17, 15) is 0 Å². The van der Waals surface area contributed by atoms with E-state index in [2.05, 4.69) is 119 Å². The maximum absolute atomic E-state index is 3.53. The average molecular weight is 443 g/mol. The second kappa shape index (κ2) is 8.45. The van der Waals surface area contributed by atoms with Gasteiger partial charge in [-0.25, -0.2) is 0 Å². The van der Waals surface area contributed by atoms with E-state index in [1.54, 1.807) is 0 Å². The van der Waals surface area contributed by atoms with Gasteiger partial charge in [-0.1, -0.05) is 60.7 Å². The quantitative estimate of drug-likeness (QED) is 0.286. The van der Waals surface area contributed by atoms with Crippen molar-refractivity contribution in [1.82, 2.24) is 0 Å². The first-order valence-electron chi connectivity index (χ1n) is 11.0. The molecule has 5 aromatic carbocycles. The summed E-state index contributed by atoms with van der Waals surface area (Å²) in [6.07, 6.45) is 0. The summed E-state index contributed by atoms with van der Waals surface area (Å²) < 4.78 is 2.64. The Balaban J connectivity index is 1.48. The highest BCUT2D eigenvalue weighted by Crippen LogP contribution is 2.40. The Morgan fingerprint density at radius 2 is 1.09 bits per heavy atom. The number of fused-ring (bicyclic) bond motifs is 3. The molecule has 2 nitrogen and oxygen atoms in total. The lowest BCUT2D eigenvalue weighted by molar-refractivity contribution is 1.29. The van der Waals surface area contributed by atoms with Crippen LogP contribution in [0.15, 0.2) is 127 Å². The van der Waals surface area contributed by atoms with E-state index in [0.29, 0.717) is 0 Å². The Kier molecular flexibility index (Phi) is 5.02. The molecule has 1 heterocycles. The topological polar surface area (TPSA) is 15.3 Å². The highest BCUT2D eigenvalue weighted by molar-refractivity contribution is 7.25. The van der Waals surface area contributed by atoms with Crippen molar-refractivity contribution in [2.45, 2.75) is 0 Å². The molecule has 0 aliphatic heterocycles. The summed E-state index contributed by atoms with van der Waals surface area (Å²) in [6, 6.07) is 44.9. The van der Waals surface area contributed by atoms with Gasteiger partial charge in [-0.05, 0) is 66.7 Å². The molecule has 0 saturated heterocycles. The standard InChI is InChI=1S/C30H22N2S/c1-3-10-22(11-4-1)31-23-12-9-15-25(20-23)32(24-13-5-2-6-14-24)26-18-19-30-28(21-26)27-16-7-8-17-29(27)33-30/h1-21,31H. The molecule has 0 unspecified atom stereocenters. The number of hydrogen-bond donors (Lipinski definition) is 1. The van der Waals surface area contributed by atoms with E-state index in [0.717, 1.165) is 28.4 Å². The molecule has 0 spiro atoms. The first-order valence-corrected chi connectivity index (χ1v) is 11.9. The Morgan fingerprint density at radius 3 is 1.94 bits per heavy atom. The fourth-order valence-electron chi connectivity index (χ4n) is 4.29. The van der Waals surface area contributed by atoms with Gasteiger partial charge in [-0.2, -0.15) is 0 Å². The number of thiophene rings is 1. The molecule has 3 heteroatoms. The normalized spacial score (nSPS) is 11.0. The van der Waals surface area contributed by atoms with E-state index in [1.807, 2.05) is 29.5 Å². The lowest BCUT2D eigenvalue weighted by Gasteiger charge is -2.26. The zero-order chi connectivity index (χ0) is 22.0.